The molecule has 13 heteroatoms. The third-order valence-electron chi connectivity index (χ3n) is 6.27. The van der Waals surface area contributed by atoms with Gasteiger partial charge in [0, 0.05) is 31.8 Å². The fourth-order valence-corrected chi connectivity index (χ4v) is 4.53. The zero-order valence-electron chi connectivity index (χ0n) is 19.5. The van der Waals surface area contributed by atoms with Gasteiger partial charge in [-0.2, -0.15) is 9.50 Å². The highest BCUT2D eigenvalue weighted by atomic mass is 19.3. The molecule has 0 spiro atoms. The Labute approximate surface area is 198 Å². The van der Waals surface area contributed by atoms with E-state index in [4.69, 9.17) is 0 Å². The van der Waals surface area contributed by atoms with Crippen molar-refractivity contribution < 1.29 is 18.3 Å². The van der Waals surface area contributed by atoms with Crippen LogP contribution in [-0.4, -0.2) is 85.0 Å². The number of hydrogen-bond donors (Lipinski definition) is 3. The Morgan fingerprint density at radius 3 is 2.74 bits per heavy atom. The number of nitrogens with zero attached hydrogens (tertiary/aromatic N) is 7. The van der Waals surface area contributed by atoms with Crippen LogP contribution < -0.4 is 10.6 Å². The molecule has 0 bridgehead atoms. The summed E-state index contributed by atoms with van der Waals surface area (Å²) in [6.07, 6.45) is -3.05. The zero-order valence-corrected chi connectivity index (χ0v) is 19.5. The maximum Gasteiger partial charge on any atom is 0.256 e. The predicted molar refractivity (Wildman–Crippen MR) is 126 cm³/mol. The Morgan fingerprint density at radius 2 is 2.03 bits per heavy atom. The van der Waals surface area contributed by atoms with E-state index in [0.717, 1.165) is 6.54 Å². The third-order valence-corrected chi connectivity index (χ3v) is 6.27. The second-order valence-electron chi connectivity index (χ2n) is 8.73. The van der Waals surface area contributed by atoms with E-state index in [1.54, 1.807) is 26.1 Å². The molecule has 3 N–H and O–H groups in total. The number of imidazole rings is 1. The molecule has 5 heterocycles. The summed E-state index contributed by atoms with van der Waals surface area (Å²) < 4.78 is 43.4. The number of aromatic nitrogens is 6. The number of anilines is 2. The van der Waals surface area contributed by atoms with E-state index < -0.39 is 25.2 Å². The van der Waals surface area contributed by atoms with E-state index in [-0.39, 0.29) is 11.8 Å². The number of fused-ring (bicyclic) bond motifs is 2. The average molecular weight is 490 g/mol. The minimum atomic E-state index is -2.56. The molecule has 1 aliphatic rings. The number of pyridine rings is 1. The SMILES string of the molecule is CNc1nc(NC2CCN(C)CC2F)nn2c(O)cc(-c3ccc4nc(C)n(CC(F)F)c4n3)c12. The molecule has 0 aliphatic carbocycles. The Balaban J connectivity index is 1.57. The number of aromatic hydroxyl groups is 1. The van der Waals surface area contributed by atoms with Crippen molar-refractivity contribution in [2.45, 2.75) is 38.5 Å². The van der Waals surface area contributed by atoms with Gasteiger partial charge in [-0.1, -0.05) is 0 Å². The van der Waals surface area contributed by atoms with Crippen molar-refractivity contribution in [3.8, 4) is 17.1 Å². The summed E-state index contributed by atoms with van der Waals surface area (Å²) in [5.74, 6) is 0.826. The van der Waals surface area contributed by atoms with Gasteiger partial charge in [-0.15, -0.1) is 5.10 Å². The van der Waals surface area contributed by atoms with Gasteiger partial charge in [-0.05, 0) is 32.5 Å². The van der Waals surface area contributed by atoms with Crippen LogP contribution >= 0.6 is 0 Å². The second kappa shape index (κ2) is 8.87. The van der Waals surface area contributed by atoms with Crippen molar-refractivity contribution in [1.82, 2.24) is 34.0 Å². The predicted octanol–water partition coefficient (Wildman–Crippen LogP) is 2.92. The van der Waals surface area contributed by atoms with E-state index >= 15 is 0 Å². The van der Waals surface area contributed by atoms with Crippen LogP contribution in [0.3, 0.4) is 0 Å². The topological polar surface area (TPSA) is 108 Å². The zero-order chi connectivity index (χ0) is 24.9. The van der Waals surface area contributed by atoms with Crippen LogP contribution in [0.1, 0.15) is 12.2 Å². The van der Waals surface area contributed by atoms with Gasteiger partial charge in [0.15, 0.2) is 11.5 Å². The summed E-state index contributed by atoms with van der Waals surface area (Å²) >= 11 is 0. The van der Waals surface area contributed by atoms with Crippen LogP contribution in [0.25, 0.3) is 27.9 Å². The summed E-state index contributed by atoms with van der Waals surface area (Å²) in [5.41, 5.74) is 2.20. The quantitative estimate of drug-likeness (QED) is 0.380. The summed E-state index contributed by atoms with van der Waals surface area (Å²) in [7, 11) is 3.54. The summed E-state index contributed by atoms with van der Waals surface area (Å²) in [5, 5.41) is 21.1. The van der Waals surface area contributed by atoms with Gasteiger partial charge < -0.3 is 25.2 Å². The standard InChI is InChI=1S/C22H26F3N9O/c1-11-27-16-5-4-14(28-21(16)33(11)10-17(24)25)12-8-18(35)34-19(12)20(26-2)30-22(31-34)29-15-6-7-32(3)9-13(15)23/h4-5,8,13,15,17,35H,6-7,9-10H2,1-3H3,(H2,26,29,30,31). The Kier molecular flexibility index (Phi) is 5.87. The number of likely N-dealkylation sites (tertiary alicyclic amines) is 1. The molecule has 2 atom stereocenters. The molecule has 4 aromatic rings. The molecule has 35 heavy (non-hydrogen) atoms. The molecule has 2 unspecified atom stereocenters. The lowest BCUT2D eigenvalue weighted by atomic mass is 10.0. The maximum atomic E-state index is 14.5. The number of piperidine rings is 1. The molecular formula is C22H26F3N9O. The van der Waals surface area contributed by atoms with Gasteiger partial charge in [0.2, 0.25) is 11.8 Å². The smallest absolute Gasteiger partial charge is 0.256 e. The number of halogens is 3. The number of alkyl halides is 3. The van der Waals surface area contributed by atoms with Crippen LogP contribution in [0.5, 0.6) is 5.88 Å². The minimum Gasteiger partial charge on any atom is -0.493 e. The van der Waals surface area contributed by atoms with Gasteiger partial charge in [0.25, 0.3) is 6.43 Å². The van der Waals surface area contributed by atoms with Gasteiger partial charge in [0.1, 0.15) is 23.0 Å². The highest BCUT2D eigenvalue weighted by Crippen LogP contribution is 2.35. The Bertz CT molecular complexity index is 1390. The van der Waals surface area contributed by atoms with E-state index in [1.165, 1.54) is 15.1 Å². The minimum absolute atomic E-state index is 0.170. The average Bonchev–Trinajstić information content (AvgIpc) is 3.31. The monoisotopic (exact) mass is 489 g/mol. The molecule has 0 aromatic carbocycles. The molecule has 10 nitrogen and oxygen atoms in total. The molecular weight excluding hydrogens is 463 g/mol. The molecule has 0 amide bonds. The highest BCUT2D eigenvalue weighted by Gasteiger charge is 2.29. The molecule has 1 saturated heterocycles. The molecule has 4 aromatic heterocycles. The first kappa shape index (κ1) is 23.1. The van der Waals surface area contributed by atoms with Crippen molar-refractivity contribution >= 4 is 28.4 Å². The van der Waals surface area contributed by atoms with Crippen LogP contribution in [-0.2, 0) is 6.54 Å². The van der Waals surface area contributed by atoms with E-state index in [1.807, 2.05) is 11.9 Å². The first-order valence-electron chi connectivity index (χ1n) is 11.3. The first-order valence-corrected chi connectivity index (χ1v) is 11.3. The lowest BCUT2D eigenvalue weighted by molar-refractivity contribution is 0.127. The summed E-state index contributed by atoms with van der Waals surface area (Å²) in [6.45, 7) is 2.19. The lowest BCUT2D eigenvalue weighted by Gasteiger charge is -2.32. The first-order chi connectivity index (χ1) is 16.7. The van der Waals surface area contributed by atoms with Gasteiger partial charge in [-0.3, -0.25) is 0 Å². The normalized spacial score (nSPS) is 19.2. The molecule has 1 fully saturated rings. The largest absolute Gasteiger partial charge is 0.493 e. The van der Waals surface area contributed by atoms with E-state index in [2.05, 4.69) is 30.7 Å². The summed E-state index contributed by atoms with van der Waals surface area (Å²) in [6, 6.07) is 4.43. The number of rotatable bonds is 6. The fraction of sp³-hybridized carbons (Fsp3) is 0.455. The van der Waals surface area contributed by atoms with Crippen LogP contribution in [0.15, 0.2) is 18.2 Å². The van der Waals surface area contributed by atoms with Gasteiger partial charge >= 0.3 is 0 Å². The number of aryl methyl sites for hydroxylation is 1. The molecule has 0 radical (unpaired) electrons. The second-order valence-corrected chi connectivity index (χ2v) is 8.73. The van der Waals surface area contributed by atoms with Crippen molar-refractivity contribution in [1.29, 1.82) is 0 Å². The molecule has 186 valence electrons. The van der Waals surface area contributed by atoms with Crippen molar-refractivity contribution in [2.24, 2.45) is 0 Å². The number of nitrogens with one attached hydrogen (secondary N) is 2. The third kappa shape index (κ3) is 4.20. The fourth-order valence-electron chi connectivity index (χ4n) is 4.53. The number of hydrogen-bond acceptors (Lipinski definition) is 8. The highest BCUT2D eigenvalue weighted by molar-refractivity contribution is 5.90. The van der Waals surface area contributed by atoms with E-state index in [0.29, 0.717) is 52.5 Å². The van der Waals surface area contributed by atoms with Crippen molar-refractivity contribution in [2.75, 3.05) is 37.8 Å². The molecule has 0 saturated carbocycles. The van der Waals surface area contributed by atoms with Crippen LogP contribution in [0.4, 0.5) is 24.9 Å². The Hall–Kier alpha value is -3.61. The lowest BCUT2D eigenvalue weighted by Crippen LogP contribution is -2.46. The molecule has 1 aliphatic heterocycles. The Morgan fingerprint density at radius 1 is 1.23 bits per heavy atom. The molecule has 5 rings (SSSR count). The van der Waals surface area contributed by atoms with Crippen LogP contribution in [0, 0.1) is 6.92 Å². The van der Waals surface area contributed by atoms with Gasteiger partial charge in [-0.25, -0.2) is 23.1 Å². The maximum absolute atomic E-state index is 14.5. The van der Waals surface area contributed by atoms with E-state index in [9.17, 15) is 18.3 Å². The van der Waals surface area contributed by atoms with Crippen molar-refractivity contribution in [3.05, 3.63) is 24.0 Å². The van der Waals surface area contributed by atoms with Gasteiger partial charge in [0.05, 0.1) is 18.3 Å². The van der Waals surface area contributed by atoms with Crippen LogP contribution in [0.2, 0.25) is 0 Å². The van der Waals surface area contributed by atoms with Crippen molar-refractivity contribution in [3.63, 3.8) is 0 Å². The summed E-state index contributed by atoms with van der Waals surface area (Å²) in [4.78, 5) is 15.3.